The first-order chi connectivity index (χ1) is 14.8. The Morgan fingerprint density at radius 2 is 2.00 bits per heavy atom. The molecule has 1 fully saturated rings. The highest BCUT2D eigenvalue weighted by atomic mass is 16.5. The summed E-state index contributed by atoms with van der Waals surface area (Å²) in [7, 11) is 0.997. The van der Waals surface area contributed by atoms with Gasteiger partial charge in [-0.2, -0.15) is 4.79 Å². The predicted octanol–water partition coefficient (Wildman–Crippen LogP) is 1.42. The average Bonchev–Trinajstić information content (AvgIpc) is 2.74. The van der Waals surface area contributed by atoms with Crippen LogP contribution in [0.15, 0.2) is 36.9 Å². The second-order valence-corrected chi connectivity index (χ2v) is 6.77. The van der Waals surface area contributed by atoms with Crippen LogP contribution in [0.1, 0.15) is 31.0 Å². The zero-order valence-electron chi connectivity index (χ0n) is 17.5. The second kappa shape index (κ2) is 10.3. The third-order valence-corrected chi connectivity index (χ3v) is 4.92. The Kier molecular flexibility index (Phi) is 7.81. The summed E-state index contributed by atoms with van der Waals surface area (Å²) in [5.41, 5.74) is 9.44. The number of amides is 3. The summed E-state index contributed by atoms with van der Waals surface area (Å²) in [5.74, 6) is -4.08. The summed E-state index contributed by atoms with van der Waals surface area (Å²) in [5, 5.41) is 2.54. The van der Waals surface area contributed by atoms with Crippen molar-refractivity contribution >= 4 is 29.6 Å². The fraction of sp³-hybridized carbons (Fsp3) is 0.381. The van der Waals surface area contributed by atoms with E-state index < -0.39 is 47.6 Å². The third-order valence-electron chi connectivity index (χ3n) is 4.92. The zero-order chi connectivity index (χ0) is 23.1. The van der Waals surface area contributed by atoms with E-state index in [1.165, 1.54) is 0 Å². The number of methoxy groups -OCH3 is 1. The zero-order valence-corrected chi connectivity index (χ0v) is 17.5. The monoisotopic (exact) mass is 428 g/mol. The number of benzene rings is 1. The first-order valence-electron chi connectivity index (χ1n) is 9.62. The average molecular weight is 428 g/mol. The van der Waals surface area contributed by atoms with E-state index in [4.69, 9.17) is 4.74 Å². The lowest BCUT2D eigenvalue weighted by Gasteiger charge is -2.42. The standard InChI is InChI=1S/C21H24N4O6/c1-5-9-13-10-7-8-11-14(13)17-15(19(27)31-6-2)12(3)23-21(29)25(17)18(26)16(24-22)20(28)30-4/h5,7-8,10-12,15,17H,1,6,9H2,2-4H3,(H,23,29). The molecule has 0 saturated carbocycles. The van der Waals surface area contributed by atoms with Gasteiger partial charge in [-0.15, -0.1) is 6.58 Å². The van der Waals surface area contributed by atoms with Gasteiger partial charge in [0.05, 0.1) is 19.8 Å². The Morgan fingerprint density at radius 1 is 1.32 bits per heavy atom. The molecule has 0 aromatic heterocycles. The molecule has 1 saturated heterocycles. The van der Waals surface area contributed by atoms with Crippen molar-refractivity contribution < 1.29 is 33.4 Å². The molecule has 1 aromatic rings. The number of allylic oxidation sites excluding steroid dienone is 1. The van der Waals surface area contributed by atoms with Crippen molar-refractivity contribution in [3.63, 3.8) is 0 Å². The van der Waals surface area contributed by atoms with Crippen LogP contribution in [0.25, 0.3) is 5.53 Å². The SMILES string of the molecule is C=CCc1ccccc1C1C(C(=O)OCC)C(C)NC(=O)N1C(=O)C(=[N+]=[N-])C(=O)OC. The van der Waals surface area contributed by atoms with E-state index in [0.29, 0.717) is 16.9 Å². The molecule has 1 heterocycles. The summed E-state index contributed by atoms with van der Waals surface area (Å²) in [6.45, 7) is 7.07. The van der Waals surface area contributed by atoms with Gasteiger partial charge in [0.15, 0.2) is 0 Å². The molecule has 10 heteroatoms. The maximum atomic E-state index is 13.1. The lowest BCUT2D eigenvalue weighted by Crippen LogP contribution is -2.62. The summed E-state index contributed by atoms with van der Waals surface area (Å²) in [4.78, 5) is 54.2. The summed E-state index contributed by atoms with van der Waals surface area (Å²) < 4.78 is 9.68. The largest absolute Gasteiger partial charge is 0.466 e. The Hall–Kier alpha value is -3.78. The minimum absolute atomic E-state index is 0.0937. The Bertz CT molecular complexity index is 953. The smallest absolute Gasteiger partial charge is 0.463 e. The lowest BCUT2D eigenvalue weighted by atomic mass is 9.82. The van der Waals surface area contributed by atoms with Crippen LogP contribution in [0.5, 0.6) is 0 Å². The number of imide groups is 1. The van der Waals surface area contributed by atoms with Gasteiger partial charge in [0, 0.05) is 6.04 Å². The molecule has 0 aliphatic carbocycles. The van der Waals surface area contributed by atoms with E-state index in [9.17, 15) is 24.7 Å². The van der Waals surface area contributed by atoms with Crippen molar-refractivity contribution in [2.45, 2.75) is 32.4 Å². The molecule has 1 aliphatic heterocycles. The number of urea groups is 1. The molecule has 1 N–H and O–H groups in total. The van der Waals surface area contributed by atoms with Crippen molar-refractivity contribution in [1.82, 2.24) is 10.2 Å². The number of nitrogens with zero attached hydrogens (tertiary/aromatic N) is 3. The maximum Gasteiger partial charge on any atom is 0.463 e. The molecule has 3 unspecified atom stereocenters. The van der Waals surface area contributed by atoms with E-state index >= 15 is 0 Å². The first-order valence-corrected chi connectivity index (χ1v) is 9.62. The highest BCUT2D eigenvalue weighted by molar-refractivity contribution is 6.62. The molecule has 0 spiro atoms. The van der Waals surface area contributed by atoms with Crippen LogP contribution in [0.4, 0.5) is 4.79 Å². The van der Waals surface area contributed by atoms with Gasteiger partial charge in [0.2, 0.25) is 0 Å². The van der Waals surface area contributed by atoms with Crippen LogP contribution in [0, 0.1) is 5.92 Å². The van der Waals surface area contributed by atoms with Crippen LogP contribution < -0.4 is 5.32 Å². The van der Waals surface area contributed by atoms with E-state index in [0.717, 1.165) is 12.7 Å². The fourth-order valence-corrected chi connectivity index (χ4v) is 3.58. The van der Waals surface area contributed by atoms with E-state index in [1.807, 2.05) is 0 Å². The number of esters is 2. The van der Waals surface area contributed by atoms with Crippen molar-refractivity contribution in [2.75, 3.05) is 13.7 Å². The van der Waals surface area contributed by atoms with Gasteiger partial charge in [0.1, 0.15) is 5.92 Å². The second-order valence-electron chi connectivity index (χ2n) is 6.77. The van der Waals surface area contributed by atoms with Crippen LogP contribution in [-0.4, -0.2) is 59.0 Å². The Labute approximate surface area is 179 Å². The number of carbonyl (C=O) groups excluding carboxylic acids is 4. The van der Waals surface area contributed by atoms with Gasteiger partial charge in [-0.25, -0.2) is 14.5 Å². The highest BCUT2D eigenvalue weighted by Crippen LogP contribution is 2.37. The molecule has 3 atom stereocenters. The number of hydrogen-bond donors (Lipinski definition) is 1. The molecule has 3 amide bonds. The molecule has 31 heavy (non-hydrogen) atoms. The lowest BCUT2D eigenvalue weighted by molar-refractivity contribution is -0.153. The first kappa shape index (κ1) is 23.5. The van der Waals surface area contributed by atoms with Crippen molar-refractivity contribution in [3.05, 3.63) is 53.6 Å². The van der Waals surface area contributed by atoms with E-state index in [-0.39, 0.29) is 6.61 Å². The van der Waals surface area contributed by atoms with Crippen molar-refractivity contribution in [1.29, 1.82) is 0 Å². The minimum Gasteiger partial charge on any atom is -0.466 e. The molecule has 164 valence electrons. The third kappa shape index (κ3) is 4.70. The van der Waals surface area contributed by atoms with Crippen LogP contribution in [0.2, 0.25) is 0 Å². The van der Waals surface area contributed by atoms with Gasteiger partial charge in [0.25, 0.3) is 0 Å². The molecular weight excluding hydrogens is 404 g/mol. The summed E-state index contributed by atoms with van der Waals surface area (Å²) >= 11 is 0. The number of ether oxygens (including phenoxy) is 2. The quantitative estimate of drug-likeness (QED) is 0.174. The van der Waals surface area contributed by atoms with Crippen LogP contribution in [0.3, 0.4) is 0 Å². The normalized spacial score (nSPS) is 20.2. The minimum atomic E-state index is -1.23. The number of nitrogens with one attached hydrogen (secondary N) is 1. The molecule has 0 radical (unpaired) electrons. The van der Waals surface area contributed by atoms with Crippen LogP contribution >= 0.6 is 0 Å². The van der Waals surface area contributed by atoms with Crippen molar-refractivity contribution in [3.8, 4) is 0 Å². The van der Waals surface area contributed by atoms with Crippen LogP contribution in [-0.2, 0) is 30.3 Å². The number of rotatable bonds is 7. The highest BCUT2D eigenvalue weighted by Gasteiger charge is 2.52. The molecule has 1 aliphatic rings. The van der Waals surface area contributed by atoms with E-state index in [2.05, 4.69) is 21.4 Å². The molecule has 2 rings (SSSR count). The van der Waals surface area contributed by atoms with Crippen molar-refractivity contribution in [2.24, 2.45) is 5.92 Å². The predicted molar refractivity (Wildman–Crippen MR) is 109 cm³/mol. The molecule has 1 aromatic carbocycles. The maximum absolute atomic E-state index is 13.1. The molecule has 0 bridgehead atoms. The van der Waals surface area contributed by atoms with Gasteiger partial charge in [-0.05, 0) is 31.4 Å². The van der Waals surface area contributed by atoms with Gasteiger partial charge in [-0.1, -0.05) is 30.3 Å². The topological polar surface area (TPSA) is 138 Å². The Balaban J connectivity index is 2.73. The van der Waals surface area contributed by atoms with Gasteiger partial charge in [-0.3, -0.25) is 9.59 Å². The van der Waals surface area contributed by atoms with Gasteiger partial charge < -0.3 is 20.3 Å². The molecular formula is C21H24N4O6. The van der Waals surface area contributed by atoms with Gasteiger partial charge >= 0.3 is 29.6 Å². The molecule has 10 nitrogen and oxygen atoms in total. The van der Waals surface area contributed by atoms with E-state index in [1.54, 1.807) is 44.2 Å². The summed E-state index contributed by atoms with van der Waals surface area (Å²) in [6.07, 6.45) is 2.05. The number of carbonyl (C=O) groups is 4. The fourth-order valence-electron chi connectivity index (χ4n) is 3.58. The Morgan fingerprint density at radius 3 is 2.58 bits per heavy atom. The summed E-state index contributed by atoms with van der Waals surface area (Å²) in [6, 6.07) is 4.25. The number of hydrogen-bond acceptors (Lipinski definition) is 6.